The molecule has 0 rings (SSSR count). The molecule has 1 radical (unpaired) electrons. The largest absolute Gasteiger partial charge is 0.396 e. The molecule has 0 aromatic carbocycles. The van der Waals surface area contributed by atoms with E-state index in [1.807, 2.05) is 0 Å². The lowest BCUT2D eigenvalue weighted by Gasteiger charge is -2.03. The highest BCUT2D eigenvalue weighted by molar-refractivity contribution is 4.63. The molecule has 0 atom stereocenters. The monoisotopic (exact) mass is 269 g/mol. The Balaban J connectivity index is 2.88. The molecule has 0 aliphatic heterocycles. The van der Waals surface area contributed by atoms with Gasteiger partial charge in [-0.2, -0.15) is 0 Å². The number of aliphatic hydroxyl groups excluding tert-OH is 1. The van der Waals surface area contributed by atoms with Gasteiger partial charge in [0.25, 0.3) is 0 Å². The summed E-state index contributed by atoms with van der Waals surface area (Å²) in [6, 6.07) is 0. The van der Waals surface area contributed by atoms with Gasteiger partial charge in [0.05, 0.1) is 0 Å². The Bertz CT molecular complexity index is 129. The van der Waals surface area contributed by atoms with Gasteiger partial charge in [-0.15, -0.1) is 0 Å². The molecule has 0 amide bonds. The molecular formula is C18H37O. The zero-order valence-corrected chi connectivity index (χ0v) is 13.3. The fraction of sp³-hybridized carbons (Fsp3) is 0.944. The average molecular weight is 269 g/mol. The molecule has 0 fully saturated rings. The quantitative estimate of drug-likeness (QED) is 0.338. The molecule has 0 saturated heterocycles. The number of aliphatic hydroxyl groups is 1. The van der Waals surface area contributed by atoms with Gasteiger partial charge in [-0.3, -0.25) is 0 Å². The van der Waals surface area contributed by atoms with Gasteiger partial charge < -0.3 is 5.11 Å². The third-order valence-corrected chi connectivity index (χ3v) is 3.85. The minimum Gasteiger partial charge on any atom is -0.396 e. The normalized spacial score (nSPS) is 11.1. The standard InChI is InChI=1S/C18H37O/c1-2-3-4-5-6-7-8-9-10-11-12-13-14-15-16-17-18-19/h16,19H,2-15,17-18H2,1H3. The summed E-state index contributed by atoms with van der Waals surface area (Å²) in [5, 5.41) is 8.64. The Hall–Kier alpha value is -0.0400. The molecule has 1 heteroatoms. The molecule has 0 spiro atoms. The van der Waals surface area contributed by atoms with Crippen LogP contribution in [-0.2, 0) is 0 Å². The maximum Gasteiger partial charge on any atom is 0.0433 e. The van der Waals surface area contributed by atoms with E-state index in [4.69, 9.17) is 5.11 Å². The SMILES string of the molecule is CCCCCCCCCCCCCCC[CH]CCO. The number of rotatable bonds is 16. The molecule has 1 nitrogen and oxygen atoms in total. The van der Waals surface area contributed by atoms with Crippen molar-refractivity contribution in [1.29, 1.82) is 0 Å². The second kappa shape index (κ2) is 18.0. The van der Waals surface area contributed by atoms with Crippen molar-refractivity contribution >= 4 is 0 Å². The Morgan fingerprint density at radius 1 is 0.579 bits per heavy atom. The summed E-state index contributed by atoms with van der Waals surface area (Å²) in [7, 11) is 0. The highest BCUT2D eigenvalue weighted by Crippen LogP contribution is 2.13. The Morgan fingerprint density at radius 3 is 1.42 bits per heavy atom. The zero-order valence-electron chi connectivity index (χ0n) is 13.3. The summed E-state index contributed by atoms with van der Waals surface area (Å²) in [6.45, 7) is 2.60. The van der Waals surface area contributed by atoms with Crippen LogP contribution in [0.15, 0.2) is 0 Å². The Morgan fingerprint density at radius 2 is 1.00 bits per heavy atom. The van der Waals surface area contributed by atoms with Crippen molar-refractivity contribution in [2.24, 2.45) is 0 Å². The predicted molar refractivity (Wildman–Crippen MR) is 86.3 cm³/mol. The Kier molecular flexibility index (Phi) is 17.9. The molecular weight excluding hydrogens is 232 g/mol. The number of unbranched alkanes of at least 4 members (excludes halogenated alkanes) is 15. The van der Waals surface area contributed by atoms with Gasteiger partial charge in [0.2, 0.25) is 0 Å². The molecule has 0 aromatic heterocycles. The fourth-order valence-electron chi connectivity index (χ4n) is 2.54. The molecule has 0 bridgehead atoms. The first-order chi connectivity index (χ1) is 9.41. The summed E-state index contributed by atoms with van der Waals surface area (Å²) >= 11 is 0. The maximum absolute atomic E-state index is 8.64. The van der Waals surface area contributed by atoms with Crippen molar-refractivity contribution in [3.05, 3.63) is 6.42 Å². The van der Waals surface area contributed by atoms with Gasteiger partial charge >= 0.3 is 0 Å². The fourth-order valence-corrected chi connectivity index (χ4v) is 2.54. The van der Waals surface area contributed by atoms with Crippen LogP contribution in [0.4, 0.5) is 0 Å². The summed E-state index contributed by atoms with van der Waals surface area (Å²) in [5.41, 5.74) is 0. The van der Waals surface area contributed by atoms with Crippen LogP contribution in [0.25, 0.3) is 0 Å². The van der Waals surface area contributed by atoms with Crippen LogP contribution in [0.3, 0.4) is 0 Å². The van der Waals surface area contributed by atoms with Crippen molar-refractivity contribution in [2.45, 2.75) is 103 Å². The van der Waals surface area contributed by atoms with E-state index in [0.29, 0.717) is 6.61 Å². The van der Waals surface area contributed by atoms with E-state index in [-0.39, 0.29) is 0 Å². The second-order valence-electron chi connectivity index (χ2n) is 5.83. The minimum absolute atomic E-state index is 0.318. The lowest BCUT2D eigenvalue weighted by molar-refractivity contribution is 0.296. The van der Waals surface area contributed by atoms with Crippen LogP contribution in [0, 0.1) is 6.42 Å². The zero-order chi connectivity index (χ0) is 14.0. The van der Waals surface area contributed by atoms with Gasteiger partial charge in [0, 0.05) is 6.61 Å². The van der Waals surface area contributed by atoms with Crippen LogP contribution < -0.4 is 0 Å². The van der Waals surface area contributed by atoms with E-state index >= 15 is 0 Å². The van der Waals surface area contributed by atoms with Gasteiger partial charge in [-0.25, -0.2) is 0 Å². The van der Waals surface area contributed by atoms with Crippen LogP contribution >= 0.6 is 0 Å². The lowest BCUT2D eigenvalue weighted by atomic mass is 10.0. The molecule has 0 unspecified atom stereocenters. The van der Waals surface area contributed by atoms with Crippen molar-refractivity contribution < 1.29 is 5.11 Å². The third kappa shape index (κ3) is 18.0. The number of hydrogen-bond donors (Lipinski definition) is 1. The summed E-state index contributed by atoms with van der Waals surface area (Å²) < 4.78 is 0. The minimum atomic E-state index is 0.318. The smallest absolute Gasteiger partial charge is 0.0433 e. The molecule has 0 heterocycles. The van der Waals surface area contributed by atoms with Crippen molar-refractivity contribution in [3.8, 4) is 0 Å². The van der Waals surface area contributed by atoms with E-state index < -0.39 is 0 Å². The molecule has 0 aromatic rings. The summed E-state index contributed by atoms with van der Waals surface area (Å²) in [6.07, 6.45) is 22.8. The second-order valence-corrected chi connectivity index (χ2v) is 5.83. The first-order valence-corrected chi connectivity index (χ1v) is 8.84. The topological polar surface area (TPSA) is 20.2 Å². The van der Waals surface area contributed by atoms with E-state index in [2.05, 4.69) is 13.3 Å². The Labute approximate surface area is 122 Å². The highest BCUT2D eigenvalue weighted by Gasteiger charge is 1.94. The lowest BCUT2D eigenvalue weighted by Crippen LogP contribution is -1.85. The van der Waals surface area contributed by atoms with E-state index in [9.17, 15) is 0 Å². The third-order valence-electron chi connectivity index (χ3n) is 3.85. The van der Waals surface area contributed by atoms with E-state index in [0.717, 1.165) is 6.42 Å². The van der Waals surface area contributed by atoms with E-state index in [1.165, 1.54) is 89.9 Å². The summed E-state index contributed by atoms with van der Waals surface area (Å²) in [5.74, 6) is 0. The van der Waals surface area contributed by atoms with Gasteiger partial charge in [-0.1, -0.05) is 96.8 Å². The van der Waals surface area contributed by atoms with Gasteiger partial charge in [-0.05, 0) is 12.8 Å². The predicted octanol–water partition coefficient (Wildman–Crippen LogP) is 6.05. The van der Waals surface area contributed by atoms with Gasteiger partial charge in [0.15, 0.2) is 0 Å². The molecule has 0 aliphatic rings. The van der Waals surface area contributed by atoms with E-state index in [1.54, 1.807) is 0 Å². The van der Waals surface area contributed by atoms with Crippen LogP contribution in [0.1, 0.15) is 103 Å². The molecule has 1 N–H and O–H groups in total. The molecule has 0 aliphatic carbocycles. The highest BCUT2D eigenvalue weighted by atomic mass is 16.2. The van der Waals surface area contributed by atoms with Crippen molar-refractivity contribution in [2.75, 3.05) is 6.61 Å². The van der Waals surface area contributed by atoms with Crippen molar-refractivity contribution in [1.82, 2.24) is 0 Å². The first-order valence-electron chi connectivity index (χ1n) is 8.84. The molecule has 115 valence electrons. The van der Waals surface area contributed by atoms with Crippen LogP contribution in [0.5, 0.6) is 0 Å². The van der Waals surface area contributed by atoms with Crippen LogP contribution in [0.2, 0.25) is 0 Å². The molecule has 0 saturated carbocycles. The van der Waals surface area contributed by atoms with Crippen molar-refractivity contribution in [3.63, 3.8) is 0 Å². The molecule has 19 heavy (non-hydrogen) atoms. The number of hydrogen-bond acceptors (Lipinski definition) is 1. The first kappa shape index (κ1) is 19.0. The van der Waals surface area contributed by atoms with Gasteiger partial charge in [0.1, 0.15) is 0 Å². The average Bonchev–Trinajstić information content (AvgIpc) is 2.43. The maximum atomic E-state index is 8.64. The summed E-state index contributed by atoms with van der Waals surface area (Å²) in [4.78, 5) is 0. The van der Waals surface area contributed by atoms with Crippen LogP contribution in [-0.4, -0.2) is 11.7 Å².